The van der Waals surface area contributed by atoms with Gasteiger partial charge >= 0.3 is 20.9 Å². The van der Waals surface area contributed by atoms with Gasteiger partial charge in [0.2, 0.25) is 0 Å². The van der Waals surface area contributed by atoms with Gasteiger partial charge in [-0.05, 0) is 19.9 Å². The van der Waals surface area contributed by atoms with E-state index in [0.29, 0.717) is 0 Å². The lowest BCUT2D eigenvalue weighted by molar-refractivity contribution is -0.199. The Bertz CT molecular complexity index is 899. The highest BCUT2D eigenvalue weighted by Crippen LogP contribution is 2.56. The highest BCUT2D eigenvalue weighted by atomic mass is 31.2. The van der Waals surface area contributed by atoms with Crippen molar-refractivity contribution >= 4 is 21.0 Å². The average Bonchev–Trinajstić information content (AvgIpc) is 2.97. The van der Waals surface area contributed by atoms with Crippen LogP contribution in [0.2, 0.25) is 0 Å². The van der Waals surface area contributed by atoms with Gasteiger partial charge in [-0.3, -0.25) is 13.7 Å². The van der Waals surface area contributed by atoms with E-state index in [4.69, 9.17) is 34.3 Å². The fourth-order valence-electron chi connectivity index (χ4n) is 3.10. The van der Waals surface area contributed by atoms with Crippen molar-refractivity contribution in [1.29, 1.82) is 0 Å². The van der Waals surface area contributed by atoms with Gasteiger partial charge < -0.3 is 39.1 Å². The summed E-state index contributed by atoms with van der Waals surface area (Å²) in [6, 6.07) is 1.40. The highest BCUT2D eigenvalue weighted by molar-refractivity contribution is 7.70. The van der Waals surface area contributed by atoms with E-state index >= 15 is 0 Å². The van der Waals surface area contributed by atoms with E-state index in [1.54, 1.807) is 13.8 Å². The Morgan fingerprint density at radius 2 is 1.93 bits per heavy atom. The molecule has 5 N–H and O–H groups in total. The maximum atomic E-state index is 12.2. The molecule has 3 heterocycles. The number of nitrogen functional groups attached to an aromatic ring is 1. The first kappa shape index (κ1) is 21.6. The number of anilines is 1. The summed E-state index contributed by atoms with van der Waals surface area (Å²) in [6.45, 7) is 2.78. The molecule has 3 unspecified atom stereocenters. The Morgan fingerprint density at radius 3 is 2.54 bits per heavy atom. The number of nitrogens with zero attached hydrogens (tertiary/aromatic N) is 2. The van der Waals surface area contributed by atoms with Crippen LogP contribution in [0.1, 0.15) is 20.1 Å². The molecule has 0 amide bonds. The fourth-order valence-corrected chi connectivity index (χ4v) is 5.67. The van der Waals surface area contributed by atoms with Crippen molar-refractivity contribution in [2.24, 2.45) is 0 Å². The summed E-state index contributed by atoms with van der Waals surface area (Å²) in [5.41, 5.74) is 4.80. The molecule has 3 rings (SSSR count). The molecule has 0 saturated carbocycles. The topological polar surface area (TPSA) is 193 Å². The summed E-state index contributed by atoms with van der Waals surface area (Å²) in [5.74, 6) is -2.32. The summed E-state index contributed by atoms with van der Waals surface area (Å²) >= 11 is 0. The van der Waals surface area contributed by atoms with E-state index in [2.05, 4.69) is 4.98 Å². The van der Waals surface area contributed by atoms with Crippen LogP contribution < -0.4 is 11.4 Å². The first-order valence-corrected chi connectivity index (χ1v) is 11.7. The molecule has 0 aliphatic carbocycles. The van der Waals surface area contributed by atoms with Gasteiger partial charge in [-0.1, -0.05) is 0 Å². The second-order valence-electron chi connectivity index (χ2n) is 6.91. The molecule has 2 saturated heterocycles. The molecule has 0 bridgehead atoms. The Balaban J connectivity index is 1.80. The quantitative estimate of drug-likeness (QED) is 0.417. The van der Waals surface area contributed by atoms with Crippen LogP contribution in [-0.2, 0) is 27.9 Å². The van der Waals surface area contributed by atoms with Crippen LogP contribution in [0.15, 0.2) is 17.1 Å². The molecular formula is C13H21N3O10P2. The molecule has 1 aromatic rings. The summed E-state index contributed by atoms with van der Waals surface area (Å²) < 4.78 is 46.1. The Morgan fingerprint density at radius 1 is 1.29 bits per heavy atom. The highest BCUT2D eigenvalue weighted by Gasteiger charge is 2.56. The molecule has 0 radical (unpaired) electrons. The van der Waals surface area contributed by atoms with Crippen LogP contribution in [0.3, 0.4) is 0 Å². The molecule has 158 valence electrons. The van der Waals surface area contributed by atoms with Crippen molar-refractivity contribution in [2.75, 3.05) is 18.2 Å². The van der Waals surface area contributed by atoms with Gasteiger partial charge in [0.05, 0.1) is 6.61 Å². The zero-order valence-electron chi connectivity index (χ0n) is 14.9. The van der Waals surface area contributed by atoms with Gasteiger partial charge in [0.15, 0.2) is 17.9 Å². The van der Waals surface area contributed by atoms with E-state index in [9.17, 15) is 18.8 Å². The standard InChI is InChI=1S/C13H21N3O10P2/c1-13(2)25-9-7(5-23-28(21,22)6-27(18,19)20)24-11(10(9)26-13)16-4-3-8(14)15-12(16)17/h3-4,7,9-11H,5-6H2,1-2H3,(H,21,22)(H2,14,15,17)(H2,18,19,20)/t7-,9?,10?,11-/m1/s1. The largest absolute Gasteiger partial charge is 0.383 e. The third-order valence-electron chi connectivity index (χ3n) is 4.05. The maximum Gasteiger partial charge on any atom is 0.351 e. The average molecular weight is 441 g/mol. The predicted molar refractivity (Wildman–Crippen MR) is 93.3 cm³/mol. The minimum absolute atomic E-state index is 0.0262. The van der Waals surface area contributed by atoms with Gasteiger partial charge in [-0.15, -0.1) is 0 Å². The number of ether oxygens (including phenoxy) is 3. The van der Waals surface area contributed by atoms with Crippen molar-refractivity contribution < 1.29 is 42.5 Å². The van der Waals surface area contributed by atoms with Crippen LogP contribution in [-0.4, -0.2) is 60.8 Å². The second kappa shape index (κ2) is 7.28. The number of hydrogen-bond donors (Lipinski definition) is 4. The Hall–Kier alpha value is -1.14. The number of aromatic nitrogens is 2. The normalized spacial score (nSPS) is 31.5. The van der Waals surface area contributed by atoms with Crippen LogP contribution in [0, 0.1) is 0 Å². The summed E-state index contributed by atoms with van der Waals surface area (Å²) in [6.07, 6.45) is -2.07. The van der Waals surface area contributed by atoms with Crippen LogP contribution in [0.5, 0.6) is 0 Å². The summed E-state index contributed by atoms with van der Waals surface area (Å²) in [4.78, 5) is 43.2. The lowest BCUT2D eigenvalue weighted by atomic mass is 10.1. The molecule has 1 aromatic heterocycles. The zero-order chi connectivity index (χ0) is 20.9. The van der Waals surface area contributed by atoms with Crippen molar-refractivity contribution in [1.82, 2.24) is 9.55 Å². The summed E-state index contributed by atoms with van der Waals surface area (Å²) in [7, 11) is -9.34. The first-order valence-electron chi connectivity index (χ1n) is 8.13. The van der Waals surface area contributed by atoms with Crippen molar-refractivity contribution in [3.63, 3.8) is 0 Å². The van der Waals surface area contributed by atoms with Crippen LogP contribution in [0.4, 0.5) is 5.82 Å². The molecule has 2 aliphatic rings. The monoisotopic (exact) mass is 441 g/mol. The van der Waals surface area contributed by atoms with E-state index in [1.165, 1.54) is 12.3 Å². The zero-order valence-corrected chi connectivity index (χ0v) is 16.7. The van der Waals surface area contributed by atoms with Crippen LogP contribution >= 0.6 is 15.2 Å². The van der Waals surface area contributed by atoms with E-state index in [0.717, 1.165) is 4.57 Å². The van der Waals surface area contributed by atoms with Gasteiger partial charge in [0.25, 0.3) is 0 Å². The van der Waals surface area contributed by atoms with Gasteiger partial charge in [-0.25, -0.2) is 4.79 Å². The number of nitrogens with two attached hydrogens (primary N) is 1. The van der Waals surface area contributed by atoms with Gasteiger partial charge in [0, 0.05) is 6.20 Å². The minimum Gasteiger partial charge on any atom is -0.383 e. The number of hydrogen-bond acceptors (Lipinski definition) is 9. The SMILES string of the molecule is CC1(C)OC2C(O1)[C@@H](COP(=O)(O)CP(=O)(O)O)O[C@H]2n1ccc(N)nc1=O. The molecule has 0 spiro atoms. The van der Waals surface area contributed by atoms with Crippen molar-refractivity contribution in [3.8, 4) is 0 Å². The summed E-state index contributed by atoms with van der Waals surface area (Å²) in [5, 5.41) is 0. The van der Waals surface area contributed by atoms with Gasteiger partial charge in [-0.2, -0.15) is 4.98 Å². The number of rotatable bonds is 6. The molecule has 28 heavy (non-hydrogen) atoms. The Labute approximate surface area is 159 Å². The third-order valence-corrected chi connectivity index (χ3v) is 7.51. The predicted octanol–water partition coefficient (Wildman–Crippen LogP) is -0.420. The molecule has 13 nitrogen and oxygen atoms in total. The lowest BCUT2D eigenvalue weighted by Gasteiger charge is -2.25. The molecule has 2 fully saturated rings. The van der Waals surface area contributed by atoms with Crippen LogP contribution in [0.25, 0.3) is 0 Å². The van der Waals surface area contributed by atoms with Crippen molar-refractivity contribution in [3.05, 3.63) is 22.7 Å². The molecule has 5 atom stereocenters. The van der Waals surface area contributed by atoms with E-state index in [1.807, 2.05) is 0 Å². The van der Waals surface area contributed by atoms with E-state index < -0.39 is 63.7 Å². The molecule has 15 heteroatoms. The third kappa shape index (κ3) is 4.88. The first-order chi connectivity index (χ1) is 12.8. The maximum absolute atomic E-state index is 12.2. The number of fused-ring (bicyclic) bond motifs is 1. The van der Waals surface area contributed by atoms with Crippen molar-refractivity contribution in [2.45, 2.75) is 44.2 Å². The second-order valence-corrected chi connectivity index (χ2v) is 10.9. The minimum atomic E-state index is -4.76. The fraction of sp³-hybridized carbons (Fsp3) is 0.692. The molecular weight excluding hydrogens is 420 g/mol. The Kier molecular flexibility index (Phi) is 5.61. The molecule has 0 aromatic carbocycles. The lowest BCUT2D eigenvalue weighted by Crippen LogP contribution is -2.35. The van der Waals surface area contributed by atoms with Gasteiger partial charge in [0.1, 0.15) is 24.1 Å². The molecule has 2 aliphatic heterocycles. The van der Waals surface area contributed by atoms with E-state index in [-0.39, 0.29) is 5.82 Å². The smallest absolute Gasteiger partial charge is 0.351 e.